The van der Waals surface area contributed by atoms with Crippen LogP contribution in [0.25, 0.3) is 0 Å². The van der Waals surface area contributed by atoms with Crippen molar-refractivity contribution in [1.82, 2.24) is 0 Å². The molecular weight excluding hydrogens is 202 g/mol. The lowest BCUT2D eigenvalue weighted by Gasteiger charge is -2.02. The first-order valence-electron chi connectivity index (χ1n) is 3.77. The van der Waals surface area contributed by atoms with E-state index >= 15 is 0 Å². The highest BCUT2D eigenvalue weighted by Gasteiger charge is 1.95. The van der Waals surface area contributed by atoms with Gasteiger partial charge >= 0.3 is 0 Å². The zero-order valence-corrected chi connectivity index (χ0v) is 8.95. The van der Waals surface area contributed by atoms with Gasteiger partial charge in [0.05, 0.1) is 7.11 Å². The maximum Gasteiger partial charge on any atom is 0.131 e. The molecule has 1 aromatic carbocycles. The van der Waals surface area contributed by atoms with Gasteiger partial charge in [0, 0.05) is 5.75 Å². The Morgan fingerprint density at radius 3 is 2.54 bits per heavy atom. The standard InChI is InChI=1S/C9H11NOS2/c1-11-8-4-2-7(3-5-8)6-13-9(10)12/h2-5H,6H2,1H3,(H2,10,12). The summed E-state index contributed by atoms with van der Waals surface area (Å²) in [5.74, 6) is 1.68. The Balaban J connectivity index is 2.54. The van der Waals surface area contributed by atoms with Crippen molar-refractivity contribution >= 4 is 28.3 Å². The van der Waals surface area contributed by atoms with E-state index in [4.69, 9.17) is 22.7 Å². The minimum atomic E-state index is 0.482. The van der Waals surface area contributed by atoms with Crippen LogP contribution in [0.5, 0.6) is 5.75 Å². The molecule has 2 N–H and O–H groups in total. The van der Waals surface area contributed by atoms with Gasteiger partial charge in [-0.2, -0.15) is 0 Å². The molecule has 13 heavy (non-hydrogen) atoms. The SMILES string of the molecule is COc1ccc(CSC(N)=S)cc1. The molecule has 0 fully saturated rings. The number of thiocarbonyl (C=S) groups is 1. The quantitative estimate of drug-likeness (QED) is 0.781. The molecule has 0 saturated heterocycles. The Labute approximate surface area is 87.5 Å². The molecule has 1 aromatic rings. The fourth-order valence-electron chi connectivity index (χ4n) is 0.876. The fourth-order valence-corrected chi connectivity index (χ4v) is 1.55. The molecule has 0 aliphatic heterocycles. The van der Waals surface area contributed by atoms with Gasteiger partial charge in [0.25, 0.3) is 0 Å². The van der Waals surface area contributed by atoms with E-state index in [0.717, 1.165) is 11.5 Å². The Kier molecular flexibility index (Phi) is 4.05. The van der Waals surface area contributed by atoms with Crippen LogP contribution in [-0.2, 0) is 5.75 Å². The highest BCUT2D eigenvalue weighted by Crippen LogP contribution is 2.16. The van der Waals surface area contributed by atoms with Gasteiger partial charge in [-0.3, -0.25) is 0 Å². The predicted molar refractivity (Wildman–Crippen MR) is 61.1 cm³/mol. The molecule has 0 unspecified atom stereocenters. The third kappa shape index (κ3) is 3.65. The second-order valence-corrected chi connectivity index (χ2v) is 4.17. The average molecular weight is 213 g/mol. The first-order chi connectivity index (χ1) is 6.22. The zero-order chi connectivity index (χ0) is 9.68. The van der Waals surface area contributed by atoms with Gasteiger partial charge in [-0.25, -0.2) is 0 Å². The van der Waals surface area contributed by atoms with Crippen molar-refractivity contribution in [2.45, 2.75) is 5.75 Å². The van der Waals surface area contributed by atoms with Crippen molar-refractivity contribution in [3.63, 3.8) is 0 Å². The van der Waals surface area contributed by atoms with E-state index in [-0.39, 0.29) is 0 Å². The summed E-state index contributed by atoms with van der Waals surface area (Å²) in [6.07, 6.45) is 0. The van der Waals surface area contributed by atoms with Crippen LogP contribution in [0.4, 0.5) is 0 Å². The molecule has 0 bridgehead atoms. The van der Waals surface area contributed by atoms with Crippen LogP contribution in [0.2, 0.25) is 0 Å². The van der Waals surface area contributed by atoms with Crippen LogP contribution < -0.4 is 10.5 Å². The van der Waals surface area contributed by atoms with Crippen LogP contribution in [0.3, 0.4) is 0 Å². The van der Waals surface area contributed by atoms with Crippen LogP contribution >= 0.6 is 24.0 Å². The topological polar surface area (TPSA) is 35.2 Å². The maximum absolute atomic E-state index is 5.37. The van der Waals surface area contributed by atoms with E-state index in [1.54, 1.807) is 7.11 Å². The summed E-state index contributed by atoms with van der Waals surface area (Å²) in [6.45, 7) is 0. The molecule has 0 aliphatic rings. The van der Waals surface area contributed by atoms with Gasteiger partial charge in [-0.05, 0) is 17.7 Å². The maximum atomic E-state index is 5.37. The summed E-state index contributed by atoms with van der Waals surface area (Å²) in [4.78, 5) is 0. The molecule has 0 heterocycles. The number of hydrogen-bond donors (Lipinski definition) is 1. The monoisotopic (exact) mass is 213 g/mol. The molecular formula is C9H11NOS2. The molecule has 4 heteroatoms. The number of ether oxygens (including phenoxy) is 1. The van der Waals surface area contributed by atoms with Crippen LogP contribution in [-0.4, -0.2) is 11.4 Å². The van der Waals surface area contributed by atoms with E-state index in [2.05, 4.69) is 0 Å². The average Bonchev–Trinajstić information content (AvgIpc) is 2.15. The molecule has 0 spiro atoms. The highest BCUT2D eigenvalue weighted by molar-refractivity contribution is 8.22. The first kappa shape index (κ1) is 10.3. The van der Waals surface area contributed by atoms with Gasteiger partial charge in [0.2, 0.25) is 0 Å². The van der Waals surface area contributed by atoms with E-state index in [9.17, 15) is 0 Å². The lowest BCUT2D eigenvalue weighted by molar-refractivity contribution is 0.414. The number of methoxy groups -OCH3 is 1. The Bertz CT molecular complexity index is 284. The van der Waals surface area contributed by atoms with Crippen LogP contribution in [0, 0.1) is 0 Å². The normalized spacial score (nSPS) is 9.62. The molecule has 1 rings (SSSR count). The van der Waals surface area contributed by atoms with Crippen molar-refractivity contribution in [3.8, 4) is 5.75 Å². The molecule has 0 aromatic heterocycles. The summed E-state index contributed by atoms with van der Waals surface area (Å²) in [5, 5.41) is 0. The van der Waals surface area contributed by atoms with Gasteiger partial charge < -0.3 is 10.5 Å². The number of benzene rings is 1. The zero-order valence-electron chi connectivity index (χ0n) is 7.32. The molecule has 70 valence electrons. The van der Waals surface area contributed by atoms with Crippen molar-refractivity contribution < 1.29 is 4.74 Å². The minimum absolute atomic E-state index is 0.482. The largest absolute Gasteiger partial charge is 0.497 e. The third-order valence-corrected chi connectivity index (χ3v) is 2.66. The fraction of sp³-hybridized carbons (Fsp3) is 0.222. The smallest absolute Gasteiger partial charge is 0.131 e. The van der Waals surface area contributed by atoms with Crippen molar-refractivity contribution in [1.29, 1.82) is 0 Å². The molecule has 0 atom stereocenters. The molecule has 0 amide bonds. The number of hydrogen-bond acceptors (Lipinski definition) is 3. The van der Waals surface area contributed by atoms with E-state index in [1.165, 1.54) is 17.3 Å². The van der Waals surface area contributed by atoms with Gasteiger partial charge in [-0.1, -0.05) is 36.1 Å². The molecule has 0 radical (unpaired) electrons. The van der Waals surface area contributed by atoms with Gasteiger partial charge in [-0.15, -0.1) is 0 Å². The third-order valence-electron chi connectivity index (χ3n) is 1.54. The van der Waals surface area contributed by atoms with Crippen LogP contribution in [0.15, 0.2) is 24.3 Å². The second kappa shape index (κ2) is 5.09. The Morgan fingerprint density at radius 2 is 2.08 bits per heavy atom. The second-order valence-electron chi connectivity index (χ2n) is 2.46. The Morgan fingerprint density at radius 1 is 1.46 bits per heavy atom. The number of nitrogens with two attached hydrogens (primary N) is 1. The summed E-state index contributed by atoms with van der Waals surface area (Å²) >= 11 is 6.23. The minimum Gasteiger partial charge on any atom is -0.497 e. The van der Waals surface area contributed by atoms with E-state index in [0.29, 0.717) is 4.32 Å². The highest BCUT2D eigenvalue weighted by atomic mass is 32.2. The number of rotatable bonds is 3. The van der Waals surface area contributed by atoms with E-state index < -0.39 is 0 Å². The van der Waals surface area contributed by atoms with Crippen LogP contribution in [0.1, 0.15) is 5.56 Å². The lowest BCUT2D eigenvalue weighted by Crippen LogP contribution is -2.01. The molecule has 0 aliphatic carbocycles. The predicted octanol–water partition coefficient (Wildman–Crippen LogP) is 2.17. The van der Waals surface area contributed by atoms with Gasteiger partial charge in [0.15, 0.2) is 0 Å². The van der Waals surface area contributed by atoms with Crippen molar-refractivity contribution in [2.24, 2.45) is 5.73 Å². The summed E-state index contributed by atoms with van der Waals surface area (Å²) in [6, 6.07) is 7.86. The Hall–Kier alpha value is -0.740. The van der Waals surface area contributed by atoms with E-state index in [1.807, 2.05) is 24.3 Å². The number of thioether (sulfide) groups is 1. The van der Waals surface area contributed by atoms with Crippen molar-refractivity contribution in [3.05, 3.63) is 29.8 Å². The summed E-state index contributed by atoms with van der Waals surface area (Å²) in [7, 11) is 1.65. The summed E-state index contributed by atoms with van der Waals surface area (Å²) < 4.78 is 5.52. The first-order valence-corrected chi connectivity index (χ1v) is 5.17. The van der Waals surface area contributed by atoms with Gasteiger partial charge in [0.1, 0.15) is 10.1 Å². The molecule has 2 nitrogen and oxygen atoms in total. The van der Waals surface area contributed by atoms with Crippen molar-refractivity contribution in [2.75, 3.05) is 7.11 Å². The lowest BCUT2D eigenvalue weighted by atomic mass is 10.2. The molecule has 0 saturated carbocycles. The summed E-state index contributed by atoms with van der Waals surface area (Å²) in [5.41, 5.74) is 6.56.